The molecular weight excluding hydrogens is 112 g/mol. The lowest BCUT2D eigenvalue weighted by Gasteiger charge is -2.21. The quantitative estimate of drug-likeness (QED) is 0.515. The fourth-order valence-electron chi connectivity index (χ4n) is 1.47. The Kier molecular flexibility index (Phi) is 1.91. The number of methoxy groups -OCH3 is 1. The molecule has 1 aliphatic rings. The number of hydrogen-bond acceptors (Lipinski definition) is 1. The predicted octanol–water partition coefficient (Wildman–Crippen LogP) is 2.13. The van der Waals surface area contributed by atoms with Crippen LogP contribution in [0.2, 0.25) is 0 Å². The third-order valence-electron chi connectivity index (χ3n) is 2.23. The van der Waals surface area contributed by atoms with Crippen molar-refractivity contribution in [3.8, 4) is 0 Å². The van der Waals surface area contributed by atoms with Crippen LogP contribution in [0.5, 0.6) is 0 Å². The number of ether oxygens (including phenoxy) is 1. The van der Waals surface area contributed by atoms with Crippen LogP contribution in [0.1, 0.15) is 25.7 Å². The van der Waals surface area contributed by atoms with Crippen LogP contribution in [0.25, 0.3) is 0 Å². The molecule has 0 bridgehead atoms. The summed E-state index contributed by atoms with van der Waals surface area (Å²) in [6, 6.07) is 0. The molecule has 0 radical (unpaired) electrons. The lowest BCUT2D eigenvalue weighted by Crippen LogP contribution is -2.23. The first kappa shape index (κ1) is 6.81. The van der Waals surface area contributed by atoms with E-state index in [0.29, 0.717) is 0 Å². The summed E-state index contributed by atoms with van der Waals surface area (Å²) in [6.45, 7) is 3.76. The second-order valence-corrected chi connectivity index (χ2v) is 2.68. The van der Waals surface area contributed by atoms with Gasteiger partial charge in [-0.25, -0.2) is 0 Å². The number of hydrogen-bond donors (Lipinski definition) is 0. The third kappa shape index (κ3) is 1.16. The topological polar surface area (TPSA) is 9.23 Å². The maximum Gasteiger partial charge on any atom is 0.0856 e. The first-order chi connectivity index (χ1) is 4.33. The lowest BCUT2D eigenvalue weighted by molar-refractivity contribution is 0.0391. The van der Waals surface area contributed by atoms with Crippen LogP contribution in [0, 0.1) is 0 Å². The molecule has 0 amide bonds. The molecule has 0 heterocycles. The Balaban J connectivity index is 2.55. The van der Waals surface area contributed by atoms with Gasteiger partial charge in [0.25, 0.3) is 0 Å². The molecule has 1 rings (SSSR count). The summed E-state index contributed by atoms with van der Waals surface area (Å²) < 4.78 is 5.33. The highest BCUT2D eigenvalue weighted by atomic mass is 16.5. The molecule has 1 saturated carbocycles. The summed E-state index contributed by atoms with van der Waals surface area (Å²) in [4.78, 5) is 0. The minimum atomic E-state index is 0.0417. The van der Waals surface area contributed by atoms with E-state index in [1.54, 1.807) is 7.11 Å². The lowest BCUT2D eigenvalue weighted by atomic mass is 10.0. The van der Waals surface area contributed by atoms with Gasteiger partial charge in [0, 0.05) is 7.11 Å². The zero-order valence-electron chi connectivity index (χ0n) is 6.02. The van der Waals surface area contributed by atoms with Crippen LogP contribution in [0.15, 0.2) is 12.7 Å². The number of rotatable bonds is 2. The molecule has 1 aliphatic carbocycles. The zero-order chi connectivity index (χ0) is 6.74. The van der Waals surface area contributed by atoms with Crippen molar-refractivity contribution in [2.45, 2.75) is 31.3 Å². The Morgan fingerprint density at radius 3 is 2.22 bits per heavy atom. The summed E-state index contributed by atoms with van der Waals surface area (Å²) in [5.41, 5.74) is 0.0417. The minimum absolute atomic E-state index is 0.0417. The molecule has 0 N–H and O–H groups in total. The van der Waals surface area contributed by atoms with Crippen LogP contribution >= 0.6 is 0 Å². The van der Waals surface area contributed by atoms with Crippen molar-refractivity contribution in [3.63, 3.8) is 0 Å². The van der Waals surface area contributed by atoms with Gasteiger partial charge in [0.05, 0.1) is 5.60 Å². The van der Waals surface area contributed by atoms with Crippen LogP contribution in [-0.4, -0.2) is 12.7 Å². The molecule has 0 atom stereocenters. The SMILES string of the molecule is C=CC1(OC)CCCC1. The van der Waals surface area contributed by atoms with E-state index in [4.69, 9.17) is 4.74 Å². The van der Waals surface area contributed by atoms with Crippen molar-refractivity contribution in [2.75, 3.05) is 7.11 Å². The maximum absolute atomic E-state index is 5.33. The Bertz CT molecular complexity index is 101. The fourth-order valence-corrected chi connectivity index (χ4v) is 1.47. The molecule has 0 aromatic heterocycles. The minimum Gasteiger partial charge on any atom is -0.374 e. The van der Waals surface area contributed by atoms with E-state index in [0.717, 1.165) is 12.8 Å². The maximum atomic E-state index is 5.33. The van der Waals surface area contributed by atoms with Gasteiger partial charge < -0.3 is 4.74 Å². The summed E-state index contributed by atoms with van der Waals surface area (Å²) in [5.74, 6) is 0. The monoisotopic (exact) mass is 126 g/mol. The highest BCUT2D eigenvalue weighted by Gasteiger charge is 2.29. The molecule has 1 heteroatoms. The van der Waals surface area contributed by atoms with Gasteiger partial charge in [-0.05, 0) is 12.8 Å². The predicted molar refractivity (Wildman–Crippen MR) is 38.4 cm³/mol. The van der Waals surface area contributed by atoms with Gasteiger partial charge in [0.2, 0.25) is 0 Å². The average Bonchev–Trinajstić information content (AvgIpc) is 2.36. The second-order valence-electron chi connectivity index (χ2n) is 2.68. The van der Waals surface area contributed by atoms with Crippen molar-refractivity contribution in [2.24, 2.45) is 0 Å². The van der Waals surface area contributed by atoms with Crippen molar-refractivity contribution < 1.29 is 4.74 Å². The van der Waals surface area contributed by atoms with Crippen molar-refractivity contribution in [1.82, 2.24) is 0 Å². The molecule has 0 aromatic rings. The van der Waals surface area contributed by atoms with Gasteiger partial charge in [0.15, 0.2) is 0 Å². The van der Waals surface area contributed by atoms with E-state index in [-0.39, 0.29) is 5.60 Å². The molecule has 0 saturated heterocycles. The van der Waals surface area contributed by atoms with E-state index >= 15 is 0 Å². The van der Waals surface area contributed by atoms with Gasteiger partial charge in [-0.2, -0.15) is 0 Å². The average molecular weight is 126 g/mol. The van der Waals surface area contributed by atoms with Crippen molar-refractivity contribution in [1.29, 1.82) is 0 Å². The van der Waals surface area contributed by atoms with Crippen LogP contribution in [0.3, 0.4) is 0 Å². The van der Waals surface area contributed by atoms with Gasteiger partial charge >= 0.3 is 0 Å². The van der Waals surface area contributed by atoms with E-state index in [9.17, 15) is 0 Å². The van der Waals surface area contributed by atoms with Crippen LogP contribution < -0.4 is 0 Å². The fraction of sp³-hybridized carbons (Fsp3) is 0.750. The standard InChI is InChI=1S/C8H14O/c1-3-8(9-2)6-4-5-7-8/h3H,1,4-7H2,2H3. The molecular formula is C8H14O. The van der Waals surface area contributed by atoms with Gasteiger partial charge in [-0.15, -0.1) is 6.58 Å². The summed E-state index contributed by atoms with van der Waals surface area (Å²) in [7, 11) is 1.77. The molecule has 52 valence electrons. The van der Waals surface area contributed by atoms with Gasteiger partial charge in [0.1, 0.15) is 0 Å². The largest absolute Gasteiger partial charge is 0.374 e. The van der Waals surface area contributed by atoms with Gasteiger partial charge in [-0.1, -0.05) is 18.9 Å². The van der Waals surface area contributed by atoms with Crippen LogP contribution in [-0.2, 0) is 4.74 Å². The molecule has 0 aromatic carbocycles. The molecule has 0 aliphatic heterocycles. The summed E-state index contributed by atoms with van der Waals surface area (Å²) in [5, 5.41) is 0. The Morgan fingerprint density at radius 1 is 1.44 bits per heavy atom. The van der Waals surface area contributed by atoms with Crippen LogP contribution in [0.4, 0.5) is 0 Å². The first-order valence-corrected chi connectivity index (χ1v) is 3.52. The summed E-state index contributed by atoms with van der Waals surface area (Å²) in [6.07, 6.45) is 6.85. The van der Waals surface area contributed by atoms with E-state index in [1.807, 2.05) is 6.08 Å². The molecule has 0 unspecified atom stereocenters. The van der Waals surface area contributed by atoms with E-state index in [1.165, 1.54) is 12.8 Å². The molecule has 1 fully saturated rings. The zero-order valence-corrected chi connectivity index (χ0v) is 6.02. The van der Waals surface area contributed by atoms with Gasteiger partial charge in [-0.3, -0.25) is 0 Å². The highest BCUT2D eigenvalue weighted by Crippen LogP contribution is 2.33. The first-order valence-electron chi connectivity index (χ1n) is 3.52. The van der Waals surface area contributed by atoms with E-state index < -0.39 is 0 Å². The molecule has 0 spiro atoms. The highest BCUT2D eigenvalue weighted by molar-refractivity contribution is 5.00. The van der Waals surface area contributed by atoms with Crippen molar-refractivity contribution >= 4 is 0 Å². The molecule has 9 heavy (non-hydrogen) atoms. The van der Waals surface area contributed by atoms with E-state index in [2.05, 4.69) is 6.58 Å². The summed E-state index contributed by atoms with van der Waals surface area (Å²) >= 11 is 0. The molecule has 1 nitrogen and oxygen atoms in total. The smallest absolute Gasteiger partial charge is 0.0856 e. The third-order valence-corrected chi connectivity index (χ3v) is 2.23. The second kappa shape index (κ2) is 2.53. The Labute approximate surface area is 56.7 Å². The Morgan fingerprint density at radius 2 is 2.00 bits per heavy atom. The van der Waals surface area contributed by atoms with Crippen molar-refractivity contribution in [3.05, 3.63) is 12.7 Å². The Hall–Kier alpha value is -0.300. The normalized spacial score (nSPS) is 24.1.